The Bertz CT molecular complexity index is 632. The molecule has 0 saturated carbocycles. The minimum absolute atomic E-state index is 0.201. The molecule has 0 aliphatic heterocycles. The van der Waals surface area contributed by atoms with Crippen LogP contribution in [0.15, 0.2) is 47.4 Å². The highest BCUT2D eigenvalue weighted by molar-refractivity contribution is 7.98. The zero-order valence-electron chi connectivity index (χ0n) is 11.6. The molecule has 0 aliphatic carbocycles. The predicted molar refractivity (Wildman–Crippen MR) is 91.0 cm³/mol. The molecule has 2 aromatic rings. The summed E-state index contributed by atoms with van der Waals surface area (Å²) in [6.07, 6.45) is 2.02. The molecular weight excluding hydrogens is 307 g/mol. The number of rotatable bonds is 4. The fourth-order valence-electron chi connectivity index (χ4n) is 1.71. The topological polar surface area (TPSA) is 33.3 Å². The van der Waals surface area contributed by atoms with Crippen molar-refractivity contribution in [3.63, 3.8) is 0 Å². The van der Waals surface area contributed by atoms with Crippen LogP contribution in [-0.2, 0) is 0 Å². The van der Waals surface area contributed by atoms with Crippen molar-refractivity contribution in [3.05, 3.63) is 48.3 Å². The van der Waals surface area contributed by atoms with Crippen LogP contribution in [0.25, 0.3) is 0 Å². The van der Waals surface area contributed by atoms with Gasteiger partial charge in [0.05, 0.1) is 7.11 Å². The van der Waals surface area contributed by atoms with Gasteiger partial charge in [-0.05, 0) is 54.9 Å². The van der Waals surface area contributed by atoms with E-state index in [0.717, 1.165) is 5.69 Å². The molecule has 0 atom stereocenters. The summed E-state index contributed by atoms with van der Waals surface area (Å²) in [5.74, 6) is -0.235. The quantitative estimate of drug-likeness (QED) is 0.645. The van der Waals surface area contributed by atoms with Gasteiger partial charge in [0.25, 0.3) is 0 Å². The maximum atomic E-state index is 13.6. The van der Waals surface area contributed by atoms with E-state index >= 15 is 0 Å². The minimum atomic E-state index is -0.436. The van der Waals surface area contributed by atoms with Crippen LogP contribution in [0.2, 0.25) is 0 Å². The molecule has 2 rings (SSSR count). The van der Waals surface area contributed by atoms with Crippen LogP contribution in [0.1, 0.15) is 0 Å². The van der Waals surface area contributed by atoms with E-state index in [9.17, 15) is 4.39 Å². The summed E-state index contributed by atoms with van der Waals surface area (Å²) >= 11 is 6.88. The van der Waals surface area contributed by atoms with Crippen molar-refractivity contribution in [2.45, 2.75) is 4.90 Å². The minimum Gasteiger partial charge on any atom is -0.494 e. The smallest absolute Gasteiger partial charge is 0.175 e. The number of halogens is 1. The summed E-state index contributed by atoms with van der Waals surface area (Å²) in [5.41, 5.74) is 1.44. The highest BCUT2D eigenvalue weighted by atomic mass is 32.2. The van der Waals surface area contributed by atoms with Gasteiger partial charge < -0.3 is 15.4 Å². The third kappa shape index (κ3) is 4.34. The van der Waals surface area contributed by atoms with Crippen molar-refractivity contribution in [2.24, 2.45) is 0 Å². The Kier molecular flexibility index (Phi) is 5.41. The van der Waals surface area contributed by atoms with Crippen LogP contribution >= 0.6 is 24.0 Å². The number of benzene rings is 2. The first-order valence-electron chi connectivity index (χ1n) is 6.18. The molecule has 6 heteroatoms. The first-order valence-corrected chi connectivity index (χ1v) is 7.81. The largest absolute Gasteiger partial charge is 0.494 e. The van der Waals surface area contributed by atoms with E-state index in [1.54, 1.807) is 23.9 Å². The molecule has 0 fully saturated rings. The molecule has 110 valence electrons. The summed E-state index contributed by atoms with van der Waals surface area (Å²) in [6.45, 7) is 0. The van der Waals surface area contributed by atoms with Crippen molar-refractivity contribution < 1.29 is 9.13 Å². The maximum absolute atomic E-state index is 13.6. The predicted octanol–water partition coefficient (Wildman–Crippen LogP) is 4.37. The fourth-order valence-corrected chi connectivity index (χ4v) is 2.36. The molecule has 0 spiro atoms. The molecule has 0 unspecified atom stereocenters. The number of thiocarbonyl (C=S) groups is 1. The zero-order valence-corrected chi connectivity index (χ0v) is 13.3. The monoisotopic (exact) mass is 322 g/mol. The molecular formula is C15H15FN2OS2. The third-order valence-corrected chi connectivity index (χ3v) is 3.71. The fraction of sp³-hybridized carbons (Fsp3) is 0.133. The highest BCUT2D eigenvalue weighted by Crippen LogP contribution is 2.21. The summed E-state index contributed by atoms with van der Waals surface area (Å²) in [7, 11) is 1.43. The van der Waals surface area contributed by atoms with Gasteiger partial charge in [-0.25, -0.2) is 4.39 Å². The van der Waals surface area contributed by atoms with Gasteiger partial charge in [0.15, 0.2) is 16.7 Å². The Labute approximate surface area is 132 Å². The van der Waals surface area contributed by atoms with Gasteiger partial charge in [-0.15, -0.1) is 11.8 Å². The molecule has 2 aromatic carbocycles. The average molecular weight is 322 g/mol. The summed E-state index contributed by atoms with van der Waals surface area (Å²) in [6, 6.07) is 12.5. The second-order valence-electron chi connectivity index (χ2n) is 4.16. The summed E-state index contributed by atoms with van der Waals surface area (Å²) < 4.78 is 18.4. The molecule has 0 bridgehead atoms. The van der Waals surface area contributed by atoms with Crippen LogP contribution in [-0.4, -0.2) is 18.5 Å². The average Bonchev–Trinajstić information content (AvgIpc) is 2.48. The van der Waals surface area contributed by atoms with Gasteiger partial charge in [0.1, 0.15) is 0 Å². The maximum Gasteiger partial charge on any atom is 0.175 e. The van der Waals surface area contributed by atoms with E-state index in [4.69, 9.17) is 17.0 Å². The van der Waals surface area contributed by atoms with E-state index in [1.807, 2.05) is 30.5 Å². The Morgan fingerprint density at radius 3 is 2.29 bits per heavy atom. The first kappa shape index (κ1) is 15.6. The molecule has 21 heavy (non-hydrogen) atoms. The summed E-state index contributed by atoms with van der Waals surface area (Å²) in [4.78, 5) is 1.18. The van der Waals surface area contributed by atoms with Gasteiger partial charge in [-0.3, -0.25) is 0 Å². The van der Waals surface area contributed by atoms with Gasteiger partial charge in [0, 0.05) is 22.3 Å². The van der Waals surface area contributed by atoms with Crippen molar-refractivity contribution in [1.29, 1.82) is 0 Å². The van der Waals surface area contributed by atoms with Gasteiger partial charge in [0.2, 0.25) is 0 Å². The Morgan fingerprint density at radius 2 is 1.71 bits per heavy atom. The zero-order chi connectivity index (χ0) is 15.2. The second kappa shape index (κ2) is 7.28. The molecule has 0 heterocycles. The van der Waals surface area contributed by atoms with Crippen molar-refractivity contribution in [1.82, 2.24) is 0 Å². The molecule has 0 aromatic heterocycles. The van der Waals surface area contributed by atoms with Crippen LogP contribution in [0.3, 0.4) is 0 Å². The molecule has 0 amide bonds. The van der Waals surface area contributed by atoms with E-state index < -0.39 is 5.82 Å². The SMILES string of the molecule is COc1ccc(NC(=S)Nc2ccc(SC)cc2)cc1F. The highest BCUT2D eigenvalue weighted by Gasteiger charge is 2.05. The second-order valence-corrected chi connectivity index (χ2v) is 5.44. The third-order valence-electron chi connectivity index (χ3n) is 2.76. The lowest BCUT2D eigenvalue weighted by Crippen LogP contribution is -2.19. The van der Waals surface area contributed by atoms with Gasteiger partial charge in [-0.2, -0.15) is 0 Å². The summed E-state index contributed by atoms with van der Waals surface area (Å²) in [5, 5.41) is 6.38. The van der Waals surface area contributed by atoms with Crippen LogP contribution in [0.5, 0.6) is 5.75 Å². The molecule has 0 saturated heterocycles. The standard InChI is InChI=1S/C15H15FN2OS2/c1-19-14-8-5-11(9-13(14)16)18-15(20)17-10-3-6-12(21-2)7-4-10/h3-9H,1-2H3,(H2,17,18,20). The van der Waals surface area contributed by atoms with E-state index in [1.165, 1.54) is 18.1 Å². The first-order chi connectivity index (χ1) is 10.1. The molecule has 0 radical (unpaired) electrons. The Balaban J connectivity index is 1.99. The number of hydrogen-bond donors (Lipinski definition) is 2. The number of methoxy groups -OCH3 is 1. The van der Waals surface area contributed by atoms with Gasteiger partial charge >= 0.3 is 0 Å². The Hall–Kier alpha value is -1.79. The molecule has 3 nitrogen and oxygen atoms in total. The van der Waals surface area contributed by atoms with Crippen LogP contribution in [0.4, 0.5) is 15.8 Å². The van der Waals surface area contributed by atoms with E-state index in [-0.39, 0.29) is 5.75 Å². The molecule has 2 N–H and O–H groups in total. The number of nitrogens with one attached hydrogen (secondary N) is 2. The van der Waals surface area contributed by atoms with Crippen molar-refractivity contribution >= 4 is 40.5 Å². The lowest BCUT2D eigenvalue weighted by atomic mass is 10.3. The number of ether oxygens (including phenoxy) is 1. The van der Waals surface area contributed by atoms with Crippen molar-refractivity contribution in [3.8, 4) is 5.75 Å². The van der Waals surface area contributed by atoms with Gasteiger partial charge in [-0.1, -0.05) is 0 Å². The van der Waals surface area contributed by atoms with Crippen LogP contribution < -0.4 is 15.4 Å². The van der Waals surface area contributed by atoms with E-state index in [2.05, 4.69) is 10.6 Å². The molecule has 0 aliphatic rings. The van der Waals surface area contributed by atoms with Crippen molar-refractivity contribution in [2.75, 3.05) is 24.0 Å². The lowest BCUT2D eigenvalue weighted by Gasteiger charge is -2.11. The number of hydrogen-bond acceptors (Lipinski definition) is 3. The van der Waals surface area contributed by atoms with Crippen LogP contribution in [0, 0.1) is 5.82 Å². The number of anilines is 2. The number of thioether (sulfide) groups is 1. The Morgan fingerprint density at radius 1 is 1.10 bits per heavy atom. The van der Waals surface area contributed by atoms with E-state index in [0.29, 0.717) is 10.8 Å². The lowest BCUT2D eigenvalue weighted by molar-refractivity contribution is 0.387. The normalized spacial score (nSPS) is 10.0.